The van der Waals surface area contributed by atoms with Crippen LogP contribution in [0.2, 0.25) is 0 Å². The molecule has 0 amide bonds. The van der Waals surface area contributed by atoms with Gasteiger partial charge in [-0.25, -0.2) is 4.79 Å². The van der Waals surface area contributed by atoms with Crippen LogP contribution in [0.25, 0.3) is 11.0 Å². The van der Waals surface area contributed by atoms with Crippen molar-refractivity contribution < 1.29 is 4.74 Å². The fraction of sp³-hybridized carbons (Fsp3) is 0.650. The number of hydrogen-bond donors (Lipinski definition) is 1. The van der Waals surface area contributed by atoms with Crippen molar-refractivity contribution in [1.82, 2.24) is 14.5 Å². The number of aromatic amines is 1. The first-order valence-corrected chi connectivity index (χ1v) is 9.63. The van der Waals surface area contributed by atoms with Crippen molar-refractivity contribution in [3.05, 3.63) is 34.2 Å². The number of likely N-dealkylation sites (tertiary alicyclic amines) is 1. The number of rotatable bonds is 3. The first-order chi connectivity index (χ1) is 12.2. The molecule has 1 saturated carbocycles. The average molecular weight is 380 g/mol. The SMILES string of the molecule is COC1CCC(N2CCC(n3c(=O)[nH]c4ccc(C)cc43)CC2)CC1.Cl. The zero-order valence-corrected chi connectivity index (χ0v) is 16.6. The number of H-pyrrole nitrogens is 1. The predicted molar refractivity (Wildman–Crippen MR) is 107 cm³/mol. The van der Waals surface area contributed by atoms with Crippen molar-refractivity contribution in [3.8, 4) is 0 Å². The van der Waals surface area contributed by atoms with Gasteiger partial charge in [0.05, 0.1) is 17.1 Å². The van der Waals surface area contributed by atoms with E-state index in [1.54, 1.807) is 0 Å². The summed E-state index contributed by atoms with van der Waals surface area (Å²) in [5, 5.41) is 0. The fourth-order valence-electron chi connectivity index (χ4n) is 4.75. The minimum absolute atomic E-state index is 0. The third kappa shape index (κ3) is 3.71. The van der Waals surface area contributed by atoms with Crippen LogP contribution in [0.4, 0.5) is 0 Å². The molecule has 2 fully saturated rings. The van der Waals surface area contributed by atoms with Crippen LogP contribution < -0.4 is 5.69 Å². The van der Waals surface area contributed by atoms with Crippen molar-refractivity contribution in [2.24, 2.45) is 0 Å². The Morgan fingerprint density at radius 1 is 1.04 bits per heavy atom. The maximum Gasteiger partial charge on any atom is 0.326 e. The maximum absolute atomic E-state index is 12.5. The number of aryl methyl sites for hydroxylation is 1. The molecule has 0 atom stereocenters. The Bertz CT molecular complexity index is 784. The number of halogens is 1. The molecule has 0 bridgehead atoms. The van der Waals surface area contributed by atoms with E-state index in [2.05, 4.69) is 28.9 Å². The quantitative estimate of drug-likeness (QED) is 0.885. The molecule has 26 heavy (non-hydrogen) atoms. The molecule has 0 unspecified atom stereocenters. The largest absolute Gasteiger partial charge is 0.381 e. The van der Waals surface area contributed by atoms with Gasteiger partial charge in [-0.05, 0) is 63.1 Å². The minimum atomic E-state index is 0. The van der Waals surface area contributed by atoms with Crippen LogP contribution in [0.3, 0.4) is 0 Å². The fourth-order valence-corrected chi connectivity index (χ4v) is 4.75. The molecule has 2 heterocycles. The van der Waals surface area contributed by atoms with Gasteiger partial charge in [-0.1, -0.05) is 6.07 Å². The van der Waals surface area contributed by atoms with E-state index >= 15 is 0 Å². The molecule has 2 aromatic rings. The molecular formula is C20H30ClN3O2. The van der Waals surface area contributed by atoms with E-state index in [0.29, 0.717) is 18.2 Å². The molecule has 1 aliphatic carbocycles. The highest BCUT2D eigenvalue weighted by Gasteiger charge is 2.30. The van der Waals surface area contributed by atoms with Crippen LogP contribution in [0, 0.1) is 6.92 Å². The molecule has 1 aliphatic heterocycles. The summed E-state index contributed by atoms with van der Waals surface area (Å²) >= 11 is 0. The standard InChI is InChI=1S/C20H29N3O2.ClH/c1-14-3-8-18-19(13-14)23(20(24)21-18)16-9-11-22(12-10-16)15-4-6-17(25-2)7-5-15;/h3,8,13,15-17H,4-7,9-12H2,1-2H3,(H,21,24);1H. The minimum Gasteiger partial charge on any atom is -0.381 e. The average Bonchev–Trinajstić information content (AvgIpc) is 2.97. The van der Waals surface area contributed by atoms with Crippen LogP contribution in [0.1, 0.15) is 50.1 Å². The monoisotopic (exact) mass is 379 g/mol. The lowest BCUT2D eigenvalue weighted by molar-refractivity contribution is 0.0296. The summed E-state index contributed by atoms with van der Waals surface area (Å²) in [7, 11) is 1.83. The van der Waals surface area contributed by atoms with Gasteiger partial charge >= 0.3 is 5.69 Å². The Morgan fingerprint density at radius 2 is 1.73 bits per heavy atom. The summed E-state index contributed by atoms with van der Waals surface area (Å²) in [4.78, 5) is 18.1. The lowest BCUT2D eigenvalue weighted by Gasteiger charge is -2.40. The molecule has 1 saturated heterocycles. The van der Waals surface area contributed by atoms with Crippen molar-refractivity contribution in [2.75, 3.05) is 20.2 Å². The van der Waals surface area contributed by atoms with E-state index in [9.17, 15) is 4.79 Å². The molecule has 1 aromatic carbocycles. The van der Waals surface area contributed by atoms with Gasteiger partial charge < -0.3 is 14.6 Å². The number of piperidine rings is 1. The third-order valence-corrected chi connectivity index (χ3v) is 6.23. The van der Waals surface area contributed by atoms with E-state index < -0.39 is 0 Å². The van der Waals surface area contributed by atoms with Crippen LogP contribution in [-0.2, 0) is 4.74 Å². The highest BCUT2D eigenvalue weighted by atomic mass is 35.5. The highest BCUT2D eigenvalue weighted by Crippen LogP contribution is 2.30. The maximum atomic E-state index is 12.5. The molecule has 2 aliphatic rings. The Morgan fingerprint density at radius 3 is 2.38 bits per heavy atom. The van der Waals surface area contributed by atoms with Crippen molar-refractivity contribution in [2.45, 2.75) is 63.6 Å². The summed E-state index contributed by atoms with van der Waals surface area (Å²) in [6, 6.07) is 7.22. The van der Waals surface area contributed by atoms with Crippen molar-refractivity contribution in [1.29, 1.82) is 0 Å². The molecule has 0 spiro atoms. The smallest absolute Gasteiger partial charge is 0.326 e. The van der Waals surface area contributed by atoms with Gasteiger partial charge in [-0.3, -0.25) is 4.57 Å². The normalized spacial score (nSPS) is 25.3. The topological polar surface area (TPSA) is 50.3 Å². The second-order valence-corrected chi connectivity index (χ2v) is 7.75. The van der Waals surface area contributed by atoms with E-state index in [4.69, 9.17) is 4.74 Å². The number of nitrogens with one attached hydrogen (secondary N) is 1. The molecule has 5 nitrogen and oxygen atoms in total. The zero-order valence-electron chi connectivity index (χ0n) is 15.7. The van der Waals surface area contributed by atoms with Gasteiger partial charge in [-0.15, -0.1) is 12.4 Å². The molecule has 1 aromatic heterocycles. The van der Waals surface area contributed by atoms with E-state index in [0.717, 1.165) is 37.0 Å². The molecule has 0 radical (unpaired) electrons. The first-order valence-electron chi connectivity index (χ1n) is 9.63. The van der Waals surface area contributed by atoms with Gasteiger partial charge in [0, 0.05) is 32.3 Å². The van der Waals surface area contributed by atoms with Gasteiger partial charge in [0.15, 0.2) is 0 Å². The summed E-state index contributed by atoms with van der Waals surface area (Å²) < 4.78 is 7.50. The highest BCUT2D eigenvalue weighted by molar-refractivity contribution is 5.85. The summed E-state index contributed by atoms with van der Waals surface area (Å²) in [5.41, 5.74) is 3.26. The summed E-state index contributed by atoms with van der Waals surface area (Å²) in [6.07, 6.45) is 7.44. The van der Waals surface area contributed by atoms with Crippen LogP contribution in [0.5, 0.6) is 0 Å². The third-order valence-electron chi connectivity index (χ3n) is 6.23. The molecule has 1 N–H and O–H groups in total. The van der Waals surface area contributed by atoms with E-state index in [-0.39, 0.29) is 18.1 Å². The van der Waals surface area contributed by atoms with E-state index in [1.165, 1.54) is 31.2 Å². The predicted octanol–water partition coefficient (Wildman–Crippen LogP) is 3.65. The Labute approximate surface area is 161 Å². The number of imidazole rings is 1. The molecule has 6 heteroatoms. The Hall–Kier alpha value is -1.30. The summed E-state index contributed by atoms with van der Waals surface area (Å²) in [5.74, 6) is 0. The van der Waals surface area contributed by atoms with Gasteiger partial charge in [-0.2, -0.15) is 0 Å². The van der Waals surface area contributed by atoms with Gasteiger partial charge in [0.25, 0.3) is 0 Å². The van der Waals surface area contributed by atoms with E-state index in [1.807, 2.05) is 17.7 Å². The second-order valence-electron chi connectivity index (χ2n) is 7.75. The first kappa shape index (κ1) is 19.5. The number of fused-ring (bicyclic) bond motifs is 1. The molecule has 144 valence electrons. The van der Waals surface area contributed by atoms with Crippen molar-refractivity contribution >= 4 is 23.4 Å². The number of benzene rings is 1. The zero-order chi connectivity index (χ0) is 17.4. The number of aromatic nitrogens is 2. The molecular weight excluding hydrogens is 350 g/mol. The lowest BCUT2D eigenvalue weighted by atomic mass is 9.90. The van der Waals surface area contributed by atoms with Crippen molar-refractivity contribution in [3.63, 3.8) is 0 Å². The van der Waals surface area contributed by atoms with Gasteiger partial charge in [0.2, 0.25) is 0 Å². The lowest BCUT2D eigenvalue weighted by Crippen LogP contribution is -2.45. The number of hydrogen-bond acceptors (Lipinski definition) is 3. The Balaban J connectivity index is 0.00000196. The van der Waals surface area contributed by atoms with Gasteiger partial charge in [0.1, 0.15) is 0 Å². The van der Waals surface area contributed by atoms with Crippen LogP contribution in [0.15, 0.2) is 23.0 Å². The number of methoxy groups -OCH3 is 1. The van der Waals surface area contributed by atoms with Crippen LogP contribution >= 0.6 is 12.4 Å². The number of nitrogens with zero attached hydrogens (tertiary/aromatic N) is 2. The second kappa shape index (κ2) is 8.15. The molecule has 4 rings (SSSR count). The number of ether oxygens (including phenoxy) is 1. The summed E-state index contributed by atoms with van der Waals surface area (Å²) in [6.45, 7) is 4.27. The van der Waals surface area contributed by atoms with Crippen LogP contribution in [-0.4, -0.2) is 46.8 Å². The Kier molecular flexibility index (Phi) is 6.10.